The summed E-state index contributed by atoms with van der Waals surface area (Å²) in [6.45, 7) is 10.2. The molecule has 2 aromatic heterocycles. The highest BCUT2D eigenvalue weighted by Crippen LogP contribution is 2.31. The molecule has 2 aliphatic rings. The maximum absolute atomic E-state index is 15.3. The highest BCUT2D eigenvalue weighted by molar-refractivity contribution is 7.92. The van der Waals surface area contributed by atoms with Crippen molar-refractivity contribution >= 4 is 21.4 Å². The maximum Gasteiger partial charge on any atom is 0.267 e. The van der Waals surface area contributed by atoms with E-state index in [0.29, 0.717) is 44.6 Å². The maximum atomic E-state index is 15.3. The first-order valence-electron chi connectivity index (χ1n) is 13.9. The number of sulfonamides is 1. The van der Waals surface area contributed by atoms with Crippen LogP contribution in [0.5, 0.6) is 5.88 Å². The standard InChI is InChI=1S/C29H36F2N6O4S/c1-20(2)36-8-6-35(7-9-36)19-21-14-26(31)24(17-25(21)30)27-15-22(4-5-32-27)34-42(38,39)28-16-23(18-33-29(28)40-3)37-10-12-41-13-11-37/h4-5,14-18,20H,6-13,19H2,1-3H3,(H,32,34). The zero-order valence-electron chi connectivity index (χ0n) is 24.0. The monoisotopic (exact) mass is 602 g/mol. The number of nitrogens with zero attached hydrogens (tertiary/aromatic N) is 5. The molecule has 0 bridgehead atoms. The lowest BCUT2D eigenvalue weighted by Crippen LogP contribution is -2.48. The van der Waals surface area contributed by atoms with E-state index in [1.54, 1.807) is 6.20 Å². The van der Waals surface area contributed by atoms with Crippen molar-refractivity contribution in [3.8, 4) is 17.1 Å². The Bertz CT molecular complexity index is 1510. The first kappa shape index (κ1) is 30.1. The van der Waals surface area contributed by atoms with E-state index >= 15 is 8.78 Å². The Kier molecular flexibility index (Phi) is 9.21. The van der Waals surface area contributed by atoms with Gasteiger partial charge in [-0.25, -0.2) is 22.2 Å². The van der Waals surface area contributed by atoms with Crippen LogP contribution < -0.4 is 14.4 Å². The fraction of sp³-hybridized carbons (Fsp3) is 0.448. The van der Waals surface area contributed by atoms with Crippen LogP contribution in [0.1, 0.15) is 19.4 Å². The minimum Gasteiger partial charge on any atom is -0.480 e. The summed E-state index contributed by atoms with van der Waals surface area (Å²) in [4.78, 5) is 14.7. The third-order valence-corrected chi connectivity index (χ3v) is 8.99. The van der Waals surface area contributed by atoms with E-state index in [9.17, 15) is 8.42 Å². The van der Waals surface area contributed by atoms with Crippen molar-refractivity contribution in [3.05, 3.63) is 59.9 Å². The average Bonchev–Trinajstić information content (AvgIpc) is 2.99. The van der Waals surface area contributed by atoms with Gasteiger partial charge in [0.1, 0.15) is 11.6 Å². The Hall–Kier alpha value is -3.39. The second-order valence-corrected chi connectivity index (χ2v) is 12.3. The van der Waals surface area contributed by atoms with Gasteiger partial charge in [0.2, 0.25) is 5.88 Å². The van der Waals surface area contributed by atoms with Gasteiger partial charge in [-0.1, -0.05) is 0 Å². The van der Waals surface area contributed by atoms with Crippen LogP contribution in [0.3, 0.4) is 0 Å². The van der Waals surface area contributed by atoms with Crippen LogP contribution >= 0.6 is 0 Å². The van der Waals surface area contributed by atoms with Crippen LogP contribution in [-0.4, -0.2) is 93.8 Å². The molecule has 0 saturated carbocycles. The summed E-state index contributed by atoms with van der Waals surface area (Å²) in [6.07, 6.45) is 2.90. The molecule has 4 heterocycles. The number of morpholine rings is 1. The summed E-state index contributed by atoms with van der Waals surface area (Å²) in [5, 5.41) is 0. The molecule has 2 saturated heterocycles. The molecule has 2 fully saturated rings. The predicted octanol–water partition coefficient (Wildman–Crippen LogP) is 3.59. The topological polar surface area (TPSA) is 100 Å². The van der Waals surface area contributed by atoms with Crippen LogP contribution in [0.15, 0.2) is 47.6 Å². The molecule has 226 valence electrons. The van der Waals surface area contributed by atoms with Gasteiger partial charge in [0.15, 0.2) is 4.90 Å². The van der Waals surface area contributed by atoms with Gasteiger partial charge in [-0.3, -0.25) is 19.5 Å². The van der Waals surface area contributed by atoms with Crippen molar-refractivity contribution < 1.29 is 26.7 Å². The van der Waals surface area contributed by atoms with Gasteiger partial charge < -0.3 is 14.4 Å². The van der Waals surface area contributed by atoms with Gasteiger partial charge in [-0.2, -0.15) is 0 Å². The van der Waals surface area contributed by atoms with Crippen molar-refractivity contribution in [2.45, 2.75) is 31.3 Å². The zero-order chi connectivity index (χ0) is 29.9. The molecule has 0 unspecified atom stereocenters. The third-order valence-electron chi connectivity index (χ3n) is 7.62. The molecule has 5 rings (SSSR count). The molecule has 0 radical (unpaired) electrons. The number of rotatable bonds is 9. The van der Waals surface area contributed by atoms with Gasteiger partial charge in [-0.15, -0.1) is 0 Å². The molecular formula is C29H36F2N6O4S. The molecule has 0 aliphatic carbocycles. The number of aromatic nitrogens is 2. The molecule has 1 aromatic carbocycles. The van der Waals surface area contributed by atoms with Crippen LogP contribution in [0.4, 0.5) is 20.2 Å². The van der Waals surface area contributed by atoms with E-state index in [-0.39, 0.29) is 33.3 Å². The lowest BCUT2D eigenvalue weighted by atomic mass is 10.1. The SMILES string of the molecule is COc1ncc(N2CCOCC2)cc1S(=O)(=O)Nc1ccnc(-c2cc(F)c(CN3CCN(C(C)C)CC3)cc2F)c1. The number of hydrogen-bond donors (Lipinski definition) is 1. The quantitative estimate of drug-likeness (QED) is 0.394. The van der Waals surface area contributed by atoms with Gasteiger partial charge in [-0.05, 0) is 44.2 Å². The van der Waals surface area contributed by atoms with Crippen LogP contribution in [-0.2, 0) is 21.3 Å². The largest absolute Gasteiger partial charge is 0.480 e. The van der Waals surface area contributed by atoms with Crippen molar-refractivity contribution in [1.29, 1.82) is 0 Å². The highest BCUT2D eigenvalue weighted by Gasteiger charge is 2.25. The number of hydrogen-bond acceptors (Lipinski definition) is 9. The van der Waals surface area contributed by atoms with Gasteiger partial charge >= 0.3 is 0 Å². The van der Waals surface area contributed by atoms with Gasteiger partial charge in [0.25, 0.3) is 10.0 Å². The molecule has 10 nitrogen and oxygen atoms in total. The second kappa shape index (κ2) is 12.9. The summed E-state index contributed by atoms with van der Waals surface area (Å²) in [7, 11) is -2.83. The van der Waals surface area contributed by atoms with Gasteiger partial charge in [0.05, 0.1) is 43.6 Å². The van der Waals surface area contributed by atoms with Crippen molar-refractivity contribution in [3.63, 3.8) is 0 Å². The minimum absolute atomic E-state index is 0.0597. The lowest BCUT2D eigenvalue weighted by Gasteiger charge is -2.37. The zero-order valence-corrected chi connectivity index (χ0v) is 24.8. The average molecular weight is 603 g/mol. The summed E-state index contributed by atoms with van der Waals surface area (Å²) >= 11 is 0. The Morgan fingerprint density at radius 3 is 2.43 bits per heavy atom. The second-order valence-electron chi connectivity index (χ2n) is 10.7. The van der Waals surface area contributed by atoms with E-state index in [4.69, 9.17) is 9.47 Å². The molecule has 1 N–H and O–H groups in total. The summed E-state index contributed by atoms with van der Waals surface area (Å²) < 4.78 is 70.4. The number of halogens is 2. The van der Waals surface area contributed by atoms with Crippen LogP contribution in [0, 0.1) is 11.6 Å². The molecule has 0 atom stereocenters. The molecule has 3 aromatic rings. The molecule has 13 heteroatoms. The first-order valence-corrected chi connectivity index (χ1v) is 15.4. The van der Waals surface area contributed by atoms with Gasteiger partial charge in [0, 0.05) is 69.2 Å². The Labute approximate surface area is 245 Å². The fourth-order valence-electron chi connectivity index (χ4n) is 5.20. The Morgan fingerprint density at radius 1 is 1.00 bits per heavy atom. The Balaban J connectivity index is 1.34. The fourth-order valence-corrected chi connectivity index (χ4v) is 6.39. The number of anilines is 2. The smallest absolute Gasteiger partial charge is 0.267 e. The Morgan fingerprint density at radius 2 is 1.74 bits per heavy atom. The van der Waals surface area contributed by atoms with E-state index < -0.39 is 21.7 Å². The van der Waals surface area contributed by atoms with E-state index in [1.807, 2.05) is 4.90 Å². The number of pyridine rings is 2. The van der Waals surface area contributed by atoms with E-state index in [2.05, 4.69) is 38.3 Å². The summed E-state index contributed by atoms with van der Waals surface area (Å²) in [6, 6.07) is 7.07. The summed E-state index contributed by atoms with van der Waals surface area (Å²) in [5.74, 6) is -1.24. The number of nitrogens with one attached hydrogen (secondary N) is 1. The van der Waals surface area contributed by atoms with E-state index in [1.165, 1.54) is 37.6 Å². The third kappa shape index (κ3) is 6.80. The molecule has 42 heavy (non-hydrogen) atoms. The summed E-state index contributed by atoms with van der Waals surface area (Å²) in [5.41, 5.74) is 1.05. The lowest BCUT2D eigenvalue weighted by molar-refractivity contribution is 0.103. The first-order chi connectivity index (χ1) is 20.1. The number of methoxy groups -OCH3 is 1. The number of benzene rings is 1. The van der Waals surface area contributed by atoms with Crippen LogP contribution in [0.25, 0.3) is 11.3 Å². The number of ether oxygens (including phenoxy) is 2. The molecule has 0 spiro atoms. The van der Waals surface area contributed by atoms with Crippen molar-refractivity contribution in [2.75, 3.05) is 69.2 Å². The number of piperazine rings is 1. The molecular weight excluding hydrogens is 566 g/mol. The van der Waals surface area contributed by atoms with Crippen molar-refractivity contribution in [2.24, 2.45) is 0 Å². The van der Waals surface area contributed by atoms with E-state index in [0.717, 1.165) is 32.2 Å². The predicted molar refractivity (Wildman–Crippen MR) is 156 cm³/mol. The van der Waals surface area contributed by atoms with Crippen LogP contribution in [0.2, 0.25) is 0 Å². The normalized spacial score (nSPS) is 17.0. The minimum atomic E-state index is -4.17. The molecule has 2 aliphatic heterocycles. The molecule has 0 amide bonds. The van der Waals surface area contributed by atoms with Crippen molar-refractivity contribution in [1.82, 2.24) is 19.8 Å². The highest BCUT2D eigenvalue weighted by atomic mass is 32.2.